The van der Waals surface area contributed by atoms with Gasteiger partial charge in [0.2, 0.25) is 0 Å². The molecule has 0 aliphatic carbocycles. The Kier molecular flexibility index (Phi) is 5.65. The van der Waals surface area contributed by atoms with Gasteiger partial charge in [-0.15, -0.1) is 0 Å². The van der Waals surface area contributed by atoms with Gasteiger partial charge in [0.15, 0.2) is 0 Å². The second-order valence-corrected chi connectivity index (χ2v) is 4.06. The van der Waals surface area contributed by atoms with Gasteiger partial charge in [-0.2, -0.15) is 0 Å². The Hall–Kier alpha value is -0.610. The van der Waals surface area contributed by atoms with Gasteiger partial charge in [0.25, 0.3) is 0 Å². The number of carbonyl (C=O) groups is 1. The normalized spacial score (nSPS) is 22.9. The molecular weight excluding hydrogens is 194 g/mol. The third-order valence-corrected chi connectivity index (χ3v) is 2.76. The Morgan fingerprint density at radius 3 is 3.00 bits per heavy atom. The monoisotopic (exact) mass is 215 g/mol. The molecule has 88 valence electrons. The van der Waals surface area contributed by atoms with Crippen LogP contribution in [0.2, 0.25) is 0 Å². The largest absolute Gasteiger partial charge is 0.480 e. The van der Waals surface area contributed by atoms with E-state index in [0.29, 0.717) is 12.5 Å². The highest BCUT2D eigenvalue weighted by Gasteiger charge is 2.18. The van der Waals surface area contributed by atoms with E-state index in [-0.39, 0.29) is 0 Å². The Labute approximate surface area is 91.0 Å². The van der Waals surface area contributed by atoms with Crippen molar-refractivity contribution in [2.75, 3.05) is 13.2 Å². The molecule has 0 spiro atoms. The fourth-order valence-corrected chi connectivity index (χ4v) is 1.89. The van der Waals surface area contributed by atoms with E-state index >= 15 is 0 Å². The van der Waals surface area contributed by atoms with E-state index in [2.05, 4.69) is 5.32 Å². The van der Waals surface area contributed by atoms with E-state index in [0.717, 1.165) is 38.8 Å². The molecular formula is C11H21NO3. The van der Waals surface area contributed by atoms with Crippen LogP contribution in [0.4, 0.5) is 0 Å². The molecule has 0 amide bonds. The number of ether oxygens (including phenoxy) is 1. The van der Waals surface area contributed by atoms with Gasteiger partial charge in [0.05, 0.1) is 6.10 Å². The van der Waals surface area contributed by atoms with Crippen LogP contribution in [0.3, 0.4) is 0 Å². The minimum absolute atomic E-state index is 0.341. The summed E-state index contributed by atoms with van der Waals surface area (Å²) in [6.07, 6.45) is 5.11. The SMILES string of the molecule is CCCC(NCCC1CCCO1)C(=O)O. The molecule has 15 heavy (non-hydrogen) atoms. The maximum atomic E-state index is 10.8. The molecule has 0 radical (unpaired) electrons. The molecule has 2 unspecified atom stereocenters. The van der Waals surface area contributed by atoms with Crippen molar-refractivity contribution in [3.8, 4) is 0 Å². The lowest BCUT2D eigenvalue weighted by Gasteiger charge is -2.15. The zero-order valence-corrected chi connectivity index (χ0v) is 9.37. The van der Waals surface area contributed by atoms with Crippen molar-refractivity contribution >= 4 is 5.97 Å². The molecule has 0 aromatic carbocycles. The van der Waals surface area contributed by atoms with Crippen LogP contribution in [0.5, 0.6) is 0 Å². The summed E-state index contributed by atoms with van der Waals surface area (Å²) >= 11 is 0. The first-order valence-corrected chi connectivity index (χ1v) is 5.81. The second kappa shape index (κ2) is 6.80. The van der Waals surface area contributed by atoms with Crippen LogP contribution >= 0.6 is 0 Å². The molecule has 0 saturated carbocycles. The molecule has 0 bridgehead atoms. The van der Waals surface area contributed by atoms with E-state index < -0.39 is 12.0 Å². The van der Waals surface area contributed by atoms with Crippen molar-refractivity contribution in [3.63, 3.8) is 0 Å². The highest BCUT2D eigenvalue weighted by atomic mass is 16.5. The fraction of sp³-hybridized carbons (Fsp3) is 0.909. The average molecular weight is 215 g/mol. The van der Waals surface area contributed by atoms with E-state index in [1.807, 2.05) is 6.92 Å². The minimum atomic E-state index is -0.746. The maximum Gasteiger partial charge on any atom is 0.320 e. The standard InChI is InChI=1S/C11H21NO3/c1-2-4-10(11(13)14)12-7-6-9-5-3-8-15-9/h9-10,12H,2-8H2,1H3,(H,13,14). The van der Waals surface area contributed by atoms with Crippen molar-refractivity contribution in [1.29, 1.82) is 0 Å². The molecule has 4 nitrogen and oxygen atoms in total. The summed E-state index contributed by atoms with van der Waals surface area (Å²) in [6.45, 7) is 3.60. The predicted octanol–water partition coefficient (Wildman–Crippen LogP) is 1.40. The molecule has 1 aliphatic heterocycles. The van der Waals surface area contributed by atoms with Crippen LogP contribution < -0.4 is 5.32 Å². The summed E-state index contributed by atoms with van der Waals surface area (Å²) in [5.41, 5.74) is 0. The van der Waals surface area contributed by atoms with E-state index in [1.165, 1.54) is 0 Å². The first-order chi connectivity index (χ1) is 7.24. The number of rotatable bonds is 7. The minimum Gasteiger partial charge on any atom is -0.480 e. The van der Waals surface area contributed by atoms with Gasteiger partial charge in [0, 0.05) is 6.61 Å². The zero-order valence-electron chi connectivity index (χ0n) is 9.37. The van der Waals surface area contributed by atoms with Crippen LogP contribution in [0.25, 0.3) is 0 Å². The van der Waals surface area contributed by atoms with E-state index in [1.54, 1.807) is 0 Å². The van der Waals surface area contributed by atoms with Gasteiger partial charge < -0.3 is 15.2 Å². The first kappa shape index (κ1) is 12.5. The smallest absolute Gasteiger partial charge is 0.320 e. The van der Waals surface area contributed by atoms with Gasteiger partial charge in [-0.3, -0.25) is 4.79 Å². The number of carboxylic acid groups (broad SMARTS) is 1. The molecule has 4 heteroatoms. The Bertz CT molecular complexity index is 190. The molecule has 1 aliphatic rings. The maximum absolute atomic E-state index is 10.8. The third-order valence-electron chi connectivity index (χ3n) is 2.76. The fourth-order valence-electron chi connectivity index (χ4n) is 1.89. The quantitative estimate of drug-likeness (QED) is 0.674. The zero-order chi connectivity index (χ0) is 11.1. The lowest BCUT2D eigenvalue weighted by Crippen LogP contribution is -2.38. The Balaban J connectivity index is 2.12. The number of hydrogen-bond acceptors (Lipinski definition) is 3. The lowest BCUT2D eigenvalue weighted by atomic mass is 10.1. The summed E-state index contributed by atoms with van der Waals surface area (Å²) in [7, 11) is 0. The van der Waals surface area contributed by atoms with Gasteiger partial charge in [-0.25, -0.2) is 0 Å². The van der Waals surface area contributed by atoms with Crippen LogP contribution in [0, 0.1) is 0 Å². The van der Waals surface area contributed by atoms with E-state index in [9.17, 15) is 4.79 Å². The Morgan fingerprint density at radius 1 is 1.67 bits per heavy atom. The molecule has 2 N–H and O–H groups in total. The van der Waals surface area contributed by atoms with Gasteiger partial charge in [-0.1, -0.05) is 13.3 Å². The van der Waals surface area contributed by atoms with Crippen molar-refractivity contribution in [2.45, 2.75) is 51.2 Å². The van der Waals surface area contributed by atoms with Crippen LogP contribution in [-0.4, -0.2) is 36.4 Å². The topological polar surface area (TPSA) is 58.6 Å². The summed E-state index contributed by atoms with van der Waals surface area (Å²) < 4.78 is 5.47. The molecule has 1 heterocycles. The molecule has 0 aromatic heterocycles. The van der Waals surface area contributed by atoms with E-state index in [4.69, 9.17) is 9.84 Å². The third kappa shape index (κ3) is 4.62. The average Bonchev–Trinajstić information content (AvgIpc) is 2.69. The highest BCUT2D eigenvalue weighted by Crippen LogP contribution is 2.14. The van der Waals surface area contributed by atoms with Crippen LogP contribution in [0.1, 0.15) is 39.0 Å². The second-order valence-electron chi connectivity index (χ2n) is 4.06. The van der Waals surface area contributed by atoms with Crippen LogP contribution in [0.15, 0.2) is 0 Å². The van der Waals surface area contributed by atoms with Crippen molar-refractivity contribution in [2.24, 2.45) is 0 Å². The van der Waals surface area contributed by atoms with Crippen molar-refractivity contribution < 1.29 is 14.6 Å². The number of nitrogens with one attached hydrogen (secondary N) is 1. The summed E-state index contributed by atoms with van der Waals surface area (Å²) in [5.74, 6) is -0.746. The highest BCUT2D eigenvalue weighted by molar-refractivity contribution is 5.73. The predicted molar refractivity (Wildman–Crippen MR) is 57.9 cm³/mol. The van der Waals surface area contributed by atoms with Crippen molar-refractivity contribution in [3.05, 3.63) is 0 Å². The van der Waals surface area contributed by atoms with Crippen molar-refractivity contribution in [1.82, 2.24) is 5.32 Å². The Morgan fingerprint density at radius 2 is 2.47 bits per heavy atom. The number of hydrogen-bond donors (Lipinski definition) is 2. The number of aliphatic carboxylic acids is 1. The first-order valence-electron chi connectivity index (χ1n) is 5.81. The van der Waals surface area contributed by atoms with Crippen LogP contribution in [-0.2, 0) is 9.53 Å². The summed E-state index contributed by atoms with van der Waals surface area (Å²) in [5, 5.41) is 12.0. The summed E-state index contributed by atoms with van der Waals surface area (Å²) in [6, 6.07) is -0.392. The lowest BCUT2D eigenvalue weighted by molar-refractivity contribution is -0.139. The number of carboxylic acids is 1. The van der Waals surface area contributed by atoms with Gasteiger partial charge >= 0.3 is 5.97 Å². The van der Waals surface area contributed by atoms with Gasteiger partial charge in [-0.05, 0) is 32.2 Å². The molecule has 0 aromatic rings. The summed E-state index contributed by atoms with van der Waals surface area (Å²) in [4.78, 5) is 10.8. The molecule has 1 fully saturated rings. The molecule has 2 atom stereocenters. The molecule has 1 rings (SSSR count). The molecule has 1 saturated heterocycles. The van der Waals surface area contributed by atoms with Gasteiger partial charge in [0.1, 0.15) is 6.04 Å².